The number of rotatable bonds is 8. The van der Waals surface area contributed by atoms with Gasteiger partial charge in [0.1, 0.15) is 0 Å². The largest absolute Gasteiger partial charge is 0.332 e. The molecule has 0 saturated carbocycles. The third kappa shape index (κ3) is 5.66. The van der Waals surface area contributed by atoms with Crippen LogP contribution in [0.2, 0.25) is 0 Å². The summed E-state index contributed by atoms with van der Waals surface area (Å²) in [4.78, 5) is 14.9. The van der Waals surface area contributed by atoms with Gasteiger partial charge in [-0.1, -0.05) is 60.7 Å². The Bertz CT molecular complexity index is 1220. The molecule has 0 radical (unpaired) electrons. The minimum absolute atomic E-state index is 0.0383. The Morgan fingerprint density at radius 3 is 2.33 bits per heavy atom. The Hall–Kier alpha value is -3.93. The molecule has 0 saturated heterocycles. The summed E-state index contributed by atoms with van der Waals surface area (Å²) in [6.45, 7) is 5.24. The number of hydrogen-bond donors (Lipinski definition) is 0. The molecule has 2 aromatic carbocycles. The summed E-state index contributed by atoms with van der Waals surface area (Å²) in [5.74, 6) is -0.0383. The topological polar surface area (TPSA) is 56.0 Å². The lowest BCUT2D eigenvalue weighted by molar-refractivity contribution is -0.128. The van der Waals surface area contributed by atoms with Gasteiger partial charge in [-0.25, -0.2) is 0 Å². The Balaban J connectivity index is 1.60. The van der Waals surface area contributed by atoms with E-state index in [1.165, 1.54) is 5.56 Å². The van der Waals surface area contributed by atoms with E-state index >= 15 is 0 Å². The van der Waals surface area contributed by atoms with Gasteiger partial charge in [0.15, 0.2) is 0 Å². The predicted octanol–water partition coefficient (Wildman–Crippen LogP) is 4.78. The highest BCUT2D eigenvalue weighted by Crippen LogP contribution is 2.24. The van der Waals surface area contributed by atoms with E-state index in [1.54, 1.807) is 17.0 Å². The second-order valence-corrected chi connectivity index (χ2v) is 8.40. The minimum Gasteiger partial charge on any atom is -0.332 e. The van der Waals surface area contributed by atoms with Gasteiger partial charge in [-0.15, -0.1) is 0 Å². The van der Waals surface area contributed by atoms with Crippen LogP contribution in [0.4, 0.5) is 0 Å². The van der Waals surface area contributed by atoms with E-state index in [9.17, 15) is 4.79 Å². The van der Waals surface area contributed by atoms with Crippen molar-refractivity contribution in [1.29, 1.82) is 0 Å². The number of amides is 1. The van der Waals surface area contributed by atoms with Gasteiger partial charge >= 0.3 is 0 Å². The van der Waals surface area contributed by atoms with Crippen LogP contribution in [-0.4, -0.2) is 36.4 Å². The summed E-state index contributed by atoms with van der Waals surface area (Å²) in [6, 6.07) is 20.4. The normalized spacial score (nSPS) is 11.4. The van der Waals surface area contributed by atoms with Crippen LogP contribution in [0.1, 0.15) is 30.5 Å². The van der Waals surface area contributed by atoms with Crippen molar-refractivity contribution >= 4 is 12.0 Å². The van der Waals surface area contributed by atoms with E-state index in [1.807, 2.05) is 97.5 Å². The molecule has 0 unspecified atom stereocenters. The lowest BCUT2D eigenvalue weighted by atomic mass is 10.1. The maximum Gasteiger partial charge on any atom is 0.247 e. The molecule has 33 heavy (non-hydrogen) atoms. The van der Waals surface area contributed by atoms with Crippen molar-refractivity contribution in [3.05, 3.63) is 102 Å². The van der Waals surface area contributed by atoms with Gasteiger partial charge in [-0.2, -0.15) is 10.2 Å². The standard InChI is InChI=1S/C27H29N5O/c1-21(2)32(19-23-16-28-30(3)17-23)26(33)15-14-25-20-31(18-22-10-6-4-7-11-22)29-27(25)24-12-8-5-9-13-24/h4-17,20-21H,18-19H2,1-3H3/b15-14+. The molecular formula is C27H29N5O. The summed E-state index contributed by atoms with van der Waals surface area (Å²) < 4.78 is 3.68. The number of nitrogens with zero attached hydrogens (tertiary/aromatic N) is 5. The van der Waals surface area contributed by atoms with Crippen molar-refractivity contribution in [2.45, 2.75) is 33.0 Å². The highest BCUT2D eigenvalue weighted by Gasteiger charge is 2.17. The fraction of sp³-hybridized carbons (Fsp3) is 0.222. The minimum atomic E-state index is -0.0383. The van der Waals surface area contributed by atoms with Crippen LogP contribution in [0.25, 0.3) is 17.3 Å². The van der Waals surface area contributed by atoms with Crippen molar-refractivity contribution in [3.63, 3.8) is 0 Å². The van der Waals surface area contributed by atoms with Gasteiger partial charge in [0, 0.05) is 54.8 Å². The second kappa shape index (κ2) is 10.1. The van der Waals surface area contributed by atoms with E-state index in [2.05, 4.69) is 17.2 Å². The van der Waals surface area contributed by atoms with Crippen LogP contribution in [0.3, 0.4) is 0 Å². The van der Waals surface area contributed by atoms with Crippen LogP contribution < -0.4 is 0 Å². The summed E-state index contributed by atoms with van der Waals surface area (Å²) >= 11 is 0. The van der Waals surface area contributed by atoms with E-state index in [0.717, 1.165) is 22.4 Å². The molecule has 0 N–H and O–H groups in total. The highest BCUT2D eigenvalue weighted by molar-refractivity contribution is 5.93. The van der Waals surface area contributed by atoms with Crippen molar-refractivity contribution in [2.75, 3.05) is 0 Å². The maximum absolute atomic E-state index is 13.1. The smallest absolute Gasteiger partial charge is 0.247 e. The molecule has 0 aliphatic heterocycles. The molecule has 4 rings (SSSR count). The Morgan fingerprint density at radius 1 is 1.00 bits per heavy atom. The van der Waals surface area contributed by atoms with Crippen LogP contribution in [0, 0.1) is 0 Å². The second-order valence-electron chi connectivity index (χ2n) is 8.40. The molecule has 0 aliphatic carbocycles. The molecular weight excluding hydrogens is 410 g/mol. The van der Waals surface area contributed by atoms with Crippen molar-refractivity contribution in [3.8, 4) is 11.3 Å². The van der Waals surface area contributed by atoms with E-state index in [0.29, 0.717) is 13.1 Å². The molecule has 0 bridgehead atoms. The molecule has 6 nitrogen and oxygen atoms in total. The molecule has 4 aromatic rings. The molecule has 6 heteroatoms. The van der Waals surface area contributed by atoms with Gasteiger partial charge in [-0.3, -0.25) is 14.2 Å². The van der Waals surface area contributed by atoms with E-state index < -0.39 is 0 Å². The van der Waals surface area contributed by atoms with Gasteiger partial charge in [0.2, 0.25) is 5.91 Å². The SMILES string of the molecule is CC(C)N(Cc1cnn(C)c1)C(=O)/C=C/c1cn(Cc2ccccc2)nc1-c1ccccc1. The van der Waals surface area contributed by atoms with Crippen molar-refractivity contribution in [2.24, 2.45) is 7.05 Å². The van der Waals surface area contributed by atoms with Gasteiger partial charge in [0.25, 0.3) is 0 Å². The molecule has 0 spiro atoms. The number of carbonyl (C=O) groups excluding carboxylic acids is 1. The summed E-state index contributed by atoms with van der Waals surface area (Å²) in [5.41, 5.74) is 4.98. The number of carbonyl (C=O) groups is 1. The zero-order chi connectivity index (χ0) is 23.2. The molecule has 0 atom stereocenters. The zero-order valence-electron chi connectivity index (χ0n) is 19.3. The predicted molar refractivity (Wildman–Crippen MR) is 131 cm³/mol. The first-order valence-corrected chi connectivity index (χ1v) is 11.1. The van der Waals surface area contributed by atoms with E-state index in [-0.39, 0.29) is 11.9 Å². The van der Waals surface area contributed by atoms with Crippen LogP contribution >= 0.6 is 0 Å². The quantitative estimate of drug-likeness (QED) is 0.371. The molecule has 2 aromatic heterocycles. The van der Waals surface area contributed by atoms with Gasteiger partial charge in [0.05, 0.1) is 18.4 Å². The molecule has 0 aliphatic rings. The molecule has 2 heterocycles. The van der Waals surface area contributed by atoms with E-state index in [4.69, 9.17) is 5.10 Å². The average molecular weight is 440 g/mol. The lowest BCUT2D eigenvalue weighted by Gasteiger charge is -2.24. The van der Waals surface area contributed by atoms with Crippen LogP contribution in [0.5, 0.6) is 0 Å². The highest BCUT2D eigenvalue weighted by atomic mass is 16.2. The summed E-state index contributed by atoms with van der Waals surface area (Å²) in [6.07, 6.45) is 9.26. The number of aromatic nitrogens is 4. The first kappa shape index (κ1) is 22.3. The molecule has 1 amide bonds. The Kier molecular flexibility index (Phi) is 6.83. The number of benzene rings is 2. The zero-order valence-corrected chi connectivity index (χ0v) is 19.3. The van der Waals surface area contributed by atoms with Crippen LogP contribution in [0.15, 0.2) is 85.3 Å². The fourth-order valence-corrected chi connectivity index (χ4v) is 3.75. The average Bonchev–Trinajstić information content (AvgIpc) is 3.42. The monoisotopic (exact) mass is 439 g/mol. The van der Waals surface area contributed by atoms with Crippen LogP contribution in [-0.2, 0) is 24.9 Å². The van der Waals surface area contributed by atoms with Gasteiger partial charge < -0.3 is 4.90 Å². The third-order valence-electron chi connectivity index (χ3n) is 5.45. The number of hydrogen-bond acceptors (Lipinski definition) is 3. The summed E-state index contributed by atoms with van der Waals surface area (Å²) in [7, 11) is 1.88. The number of aryl methyl sites for hydroxylation is 1. The van der Waals surface area contributed by atoms with Gasteiger partial charge in [-0.05, 0) is 25.5 Å². The fourth-order valence-electron chi connectivity index (χ4n) is 3.75. The first-order chi connectivity index (χ1) is 16.0. The van der Waals surface area contributed by atoms with Crippen molar-refractivity contribution in [1.82, 2.24) is 24.5 Å². The lowest BCUT2D eigenvalue weighted by Crippen LogP contribution is -2.35. The molecule has 168 valence electrons. The first-order valence-electron chi connectivity index (χ1n) is 11.1. The molecule has 0 fully saturated rings. The Labute approximate surface area is 194 Å². The Morgan fingerprint density at radius 2 is 1.70 bits per heavy atom. The maximum atomic E-state index is 13.1. The third-order valence-corrected chi connectivity index (χ3v) is 5.45. The van der Waals surface area contributed by atoms with Crippen molar-refractivity contribution < 1.29 is 4.79 Å². The summed E-state index contributed by atoms with van der Waals surface area (Å²) in [5, 5.41) is 9.05.